The van der Waals surface area contributed by atoms with Crippen LogP contribution in [0.1, 0.15) is 85.0 Å². The molecule has 4 aliphatic carbocycles. The van der Waals surface area contributed by atoms with Crippen LogP contribution in [0.4, 0.5) is 0 Å². The van der Waals surface area contributed by atoms with Gasteiger partial charge in [0, 0.05) is 12.8 Å². The molecule has 0 aromatic carbocycles. The van der Waals surface area contributed by atoms with Crippen molar-refractivity contribution < 1.29 is 14.3 Å². The Balaban J connectivity index is 1.51. The monoisotopic (exact) mass is 386 g/mol. The van der Waals surface area contributed by atoms with Gasteiger partial charge in [-0.05, 0) is 97.9 Å². The molecule has 0 saturated heterocycles. The molecule has 0 radical (unpaired) electrons. The number of esters is 1. The maximum atomic E-state index is 12.0. The third kappa shape index (κ3) is 3.08. The maximum absolute atomic E-state index is 12.0. The van der Waals surface area contributed by atoms with Gasteiger partial charge in [0.2, 0.25) is 0 Å². The first-order valence-electron chi connectivity index (χ1n) is 11.6. The summed E-state index contributed by atoms with van der Waals surface area (Å²) in [6, 6.07) is 0. The van der Waals surface area contributed by atoms with Gasteiger partial charge >= 0.3 is 5.97 Å². The molecule has 0 aliphatic heterocycles. The van der Waals surface area contributed by atoms with Crippen LogP contribution in [0.25, 0.3) is 0 Å². The van der Waals surface area contributed by atoms with Gasteiger partial charge in [0.05, 0.1) is 7.11 Å². The van der Waals surface area contributed by atoms with Crippen molar-refractivity contribution in [1.82, 2.24) is 0 Å². The Bertz CT molecular complexity index is 679. The van der Waals surface area contributed by atoms with E-state index in [9.17, 15) is 9.59 Å². The van der Waals surface area contributed by atoms with Gasteiger partial charge in [-0.15, -0.1) is 0 Å². The summed E-state index contributed by atoms with van der Waals surface area (Å²) in [4.78, 5) is 23.6. The van der Waals surface area contributed by atoms with Crippen molar-refractivity contribution in [1.29, 1.82) is 0 Å². The van der Waals surface area contributed by atoms with E-state index < -0.39 is 0 Å². The first-order chi connectivity index (χ1) is 13.3. The number of carbonyl (C=O) groups is 2. The molecule has 0 heterocycles. The molecular formula is C25H38O3. The van der Waals surface area contributed by atoms with Crippen molar-refractivity contribution in [2.75, 3.05) is 7.11 Å². The molecule has 4 aliphatic rings. The second-order valence-electron chi connectivity index (χ2n) is 10.8. The van der Waals surface area contributed by atoms with Gasteiger partial charge in [0.1, 0.15) is 0 Å². The van der Waals surface area contributed by atoms with E-state index in [1.807, 2.05) is 6.08 Å². The number of methoxy groups -OCH3 is 1. The minimum atomic E-state index is -0.0679. The first kappa shape index (κ1) is 20.2. The fourth-order valence-corrected chi connectivity index (χ4v) is 8.18. The summed E-state index contributed by atoms with van der Waals surface area (Å²) >= 11 is 0. The van der Waals surface area contributed by atoms with Crippen LogP contribution >= 0.6 is 0 Å². The zero-order valence-corrected chi connectivity index (χ0v) is 18.3. The molecule has 0 aromatic rings. The highest BCUT2D eigenvalue weighted by molar-refractivity contribution is 5.91. The van der Waals surface area contributed by atoms with E-state index >= 15 is 0 Å². The molecule has 3 saturated carbocycles. The molecular weight excluding hydrogens is 348 g/mol. The quantitative estimate of drug-likeness (QED) is 0.580. The van der Waals surface area contributed by atoms with E-state index in [-0.39, 0.29) is 11.4 Å². The van der Waals surface area contributed by atoms with Crippen LogP contribution in [-0.4, -0.2) is 18.9 Å². The Kier molecular flexibility index (Phi) is 5.25. The molecule has 0 bridgehead atoms. The third-order valence-electron chi connectivity index (χ3n) is 9.75. The summed E-state index contributed by atoms with van der Waals surface area (Å²) in [5.41, 5.74) is 2.17. The molecule has 0 spiro atoms. The zero-order chi connectivity index (χ0) is 20.1. The second kappa shape index (κ2) is 7.29. The Morgan fingerprint density at radius 1 is 1.14 bits per heavy atom. The Labute approximate surface area is 170 Å². The molecule has 4 rings (SSSR count). The normalized spacial score (nSPS) is 43.4. The Hall–Kier alpha value is -1.12. The average molecular weight is 387 g/mol. The fraction of sp³-hybridized carbons (Fsp3) is 0.840. The lowest BCUT2D eigenvalue weighted by Gasteiger charge is -2.58. The van der Waals surface area contributed by atoms with Crippen LogP contribution in [0.5, 0.6) is 0 Å². The highest BCUT2D eigenvalue weighted by atomic mass is 16.5. The summed E-state index contributed by atoms with van der Waals surface area (Å²) in [6.45, 7) is 7.40. The summed E-state index contributed by atoms with van der Waals surface area (Å²) in [7, 11) is 1.49. The van der Waals surface area contributed by atoms with Gasteiger partial charge in [-0.25, -0.2) is 0 Å². The van der Waals surface area contributed by atoms with Crippen LogP contribution in [0.2, 0.25) is 0 Å². The average Bonchev–Trinajstić information content (AvgIpc) is 3.03. The summed E-state index contributed by atoms with van der Waals surface area (Å²) in [5, 5.41) is 0. The van der Waals surface area contributed by atoms with Crippen LogP contribution in [-0.2, 0) is 14.3 Å². The fourth-order valence-electron chi connectivity index (χ4n) is 8.18. The van der Waals surface area contributed by atoms with Gasteiger partial charge < -0.3 is 4.74 Å². The molecule has 156 valence electrons. The molecule has 0 amide bonds. The molecule has 0 aromatic heterocycles. The van der Waals surface area contributed by atoms with E-state index in [0.29, 0.717) is 23.5 Å². The number of rotatable bonds is 4. The third-order valence-corrected chi connectivity index (χ3v) is 9.75. The van der Waals surface area contributed by atoms with E-state index in [1.54, 1.807) is 0 Å². The van der Waals surface area contributed by atoms with Gasteiger partial charge in [-0.1, -0.05) is 26.3 Å². The summed E-state index contributed by atoms with van der Waals surface area (Å²) in [5.74, 6) is 4.03. The van der Waals surface area contributed by atoms with E-state index in [2.05, 4.69) is 20.8 Å². The minimum absolute atomic E-state index is 0.0679. The van der Waals surface area contributed by atoms with Crippen LogP contribution < -0.4 is 0 Å². The number of carbonyl (C=O) groups excluding carboxylic acids is 2. The number of allylic oxidation sites excluding steroid dienone is 1. The van der Waals surface area contributed by atoms with Gasteiger partial charge in [0.15, 0.2) is 5.78 Å². The van der Waals surface area contributed by atoms with Crippen molar-refractivity contribution in [3.8, 4) is 0 Å². The zero-order valence-electron chi connectivity index (χ0n) is 18.3. The number of hydrogen-bond acceptors (Lipinski definition) is 3. The summed E-state index contributed by atoms with van der Waals surface area (Å²) in [6.07, 6.45) is 13.1. The highest BCUT2D eigenvalue weighted by Gasteiger charge is 2.59. The van der Waals surface area contributed by atoms with Crippen molar-refractivity contribution >= 4 is 11.8 Å². The molecule has 3 heteroatoms. The smallest absolute Gasteiger partial charge is 0.305 e. The lowest BCUT2D eigenvalue weighted by atomic mass is 9.46. The molecule has 3 fully saturated rings. The Morgan fingerprint density at radius 2 is 1.93 bits per heavy atom. The molecule has 5 unspecified atom stereocenters. The van der Waals surface area contributed by atoms with Crippen molar-refractivity contribution in [2.24, 2.45) is 40.4 Å². The van der Waals surface area contributed by atoms with Crippen molar-refractivity contribution in [2.45, 2.75) is 85.0 Å². The second-order valence-corrected chi connectivity index (χ2v) is 10.8. The highest BCUT2D eigenvalue weighted by Crippen LogP contribution is 2.67. The topological polar surface area (TPSA) is 43.4 Å². The number of ether oxygens (including phenoxy) is 1. The Morgan fingerprint density at radius 3 is 2.68 bits per heavy atom. The van der Waals surface area contributed by atoms with E-state index in [1.165, 1.54) is 44.8 Å². The number of hydrogen-bond donors (Lipinski definition) is 0. The molecule has 7 atom stereocenters. The first-order valence-corrected chi connectivity index (χ1v) is 11.6. The van der Waals surface area contributed by atoms with E-state index in [4.69, 9.17) is 4.74 Å². The lowest BCUT2D eigenvalue weighted by Crippen LogP contribution is -2.51. The predicted octanol–water partition coefficient (Wildman–Crippen LogP) is 5.72. The summed E-state index contributed by atoms with van der Waals surface area (Å²) < 4.78 is 4.87. The number of ketones is 1. The minimum Gasteiger partial charge on any atom is -0.469 e. The largest absolute Gasteiger partial charge is 0.469 e. The van der Waals surface area contributed by atoms with E-state index in [0.717, 1.165) is 49.4 Å². The lowest BCUT2D eigenvalue weighted by molar-refractivity contribution is -0.141. The van der Waals surface area contributed by atoms with Crippen molar-refractivity contribution in [3.05, 3.63) is 11.6 Å². The molecule has 0 N–H and O–H groups in total. The van der Waals surface area contributed by atoms with Crippen LogP contribution in [0.3, 0.4) is 0 Å². The van der Waals surface area contributed by atoms with Gasteiger partial charge in [0.25, 0.3) is 0 Å². The standard InChI is InChI=1S/C25H38O3/c1-16(5-10-23(27)28-4)20-8-9-21-19-7-6-17-15-18(26)11-13-24(17,2)22(19)12-14-25(20,21)3/h15-16,19-22H,5-14H2,1-4H3/t16?,19?,20?,21?,22?,24-,25+/m0/s1. The van der Waals surface area contributed by atoms with Crippen molar-refractivity contribution in [3.63, 3.8) is 0 Å². The molecule has 3 nitrogen and oxygen atoms in total. The van der Waals surface area contributed by atoms with Crippen LogP contribution in [0, 0.1) is 40.4 Å². The maximum Gasteiger partial charge on any atom is 0.305 e. The van der Waals surface area contributed by atoms with Gasteiger partial charge in [-0.2, -0.15) is 0 Å². The predicted molar refractivity (Wildman–Crippen MR) is 111 cm³/mol. The van der Waals surface area contributed by atoms with Crippen LogP contribution in [0.15, 0.2) is 11.6 Å². The van der Waals surface area contributed by atoms with Gasteiger partial charge in [-0.3, -0.25) is 9.59 Å². The SMILES string of the molecule is COC(=O)CCC(C)C1CCC2C3CCC4=CC(=O)CC[C@]4(C)C3CC[C@]12C. The number of fused-ring (bicyclic) bond motifs is 5. The molecule has 28 heavy (non-hydrogen) atoms.